The number of anilines is 1. The Balaban J connectivity index is 1.84. The SMILES string of the molecule is CC(C)OCCOc1nc(N)c2nc(Br)n(C3CCCCO3)c2n1. The van der Waals surface area contributed by atoms with Crippen molar-refractivity contribution in [2.24, 2.45) is 0 Å². The molecule has 1 aliphatic rings. The molecule has 2 aromatic rings. The summed E-state index contributed by atoms with van der Waals surface area (Å²) in [5.74, 6) is 0.287. The van der Waals surface area contributed by atoms with Crippen LogP contribution in [0.1, 0.15) is 39.3 Å². The number of ether oxygens (including phenoxy) is 3. The second kappa shape index (κ2) is 7.62. The molecule has 2 aromatic heterocycles. The molecule has 3 heterocycles. The molecule has 0 radical (unpaired) electrons. The molecule has 132 valence electrons. The van der Waals surface area contributed by atoms with Crippen LogP contribution in [0.25, 0.3) is 11.2 Å². The van der Waals surface area contributed by atoms with Gasteiger partial charge in [-0.15, -0.1) is 0 Å². The summed E-state index contributed by atoms with van der Waals surface area (Å²) in [5.41, 5.74) is 7.18. The van der Waals surface area contributed by atoms with Crippen molar-refractivity contribution in [1.82, 2.24) is 19.5 Å². The third-order valence-electron chi connectivity index (χ3n) is 3.71. The van der Waals surface area contributed by atoms with Gasteiger partial charge in [0.15, 0.2) is 21.7 Å². The van der Waals surface area contributed by atoms with Crippen LogP contribution in [0.2, 0.25) is 0 Å². The number of nitrogens with zero attached hydrogens (tertiary/aromatic N) is 4. The molecule has 8 nitrogen and oxygen atoms in total. The van der Waals surface area contributed by atoms with Gasteiger partial charge in [0, 0.05) is 6.61 Å². The molecule has 0 bridgehead atoms. The monoisotopic (exact) mass is 399 g/mol. The van der Waals surface area contributed by atoms with E-state index in [9.17, 15) is 0 Å². The molecule has 1 unspecified atom stereocenters. The molecule has 0 aliphatic carbocycles. The lowest BCUT2D eigenvalue weighted by atomic mass is 10.2. The summed E-state index contributed by atoms with van der Waals surface area (Å²) >= 11 is 3.47. The van der Waals surface area contributed by atoms with Crippen LogP contribution < -0.4 is 10.5 Å². The average molecular weight is 400 g/mol. The summed E-state index contributed by atoms with van der Waals surface area (Å²) in [7, 11) is 0. The molecule has 3 rings (SSSR count). The smallest absolute Gasteiger partial charge is 0.320 e. The first kappa shape index (κ1) is 17.4. The first-order valence-corrected chi connectivity index (χ1v) is 8.92. The number of hydrogen-bond acceptors (Lipinski definition) is 7. The highest BCUT2D eigenvalue weighted by molar-refractivity contribution is 9.10. The fourth-order valence-corrected chi connectivity index (χ4v) is 3.19. The fourth-order valence-electron chi connectivity index (χ4n) is 2.61. The Labute approximate surface area is 148 Å². The zero-order valence-electron chi connectivity index (χ0n) is 13.9. The summed E-state index contributed by atoms with van der Waals surface area (Å²) in [6.07, 6.45) is 3.13. The largest absolute Gasteiger partial charge is 0.461 e. The first-order chi connectivity index (χ1) is 11.6. The highest BCUT2D eigenvalue weighted by Crippen LogP contribution is 2.32. The van der Waals surface area contributed by atoms with Gasteiger partial charge in [0.05, 0.1) is 12.7 Å². The molecule has 9 heteroatoms. The van der Waals surface area contributed by atoms with Gasteiger partial charge < -0.3 is 19.9 Å². The van der Waals surface area contributed by atoms with Crippen LogP contribution in [0.4, 0.5) is 5.82 Å². The highest BCUT2D eigenvalue weighted by Gasteiger charge is 2.24. The normalized spacial score (nSPS) is 18.4. The number of nitrogens with two attached hydrogens (primary N) is 1. The van der Waals surface area contributed by atoms with E-state index in [2.05, 4.69) is 30.9 Å². The average Bonchev–Trinajstić information content (AvgIpc) is 2.89. The van der Waals surface area contributed by atoms with E-state index in [1.807, 2.05) is 18.4 Å². The minimum atomic E-state index is -0.107. The van der Waals surface area contributed by atoms with Crippen LogP contribution in [0, 0.1) is 0 Å². The van der Waals surface area contributed by atoms with E-state index in [4.69, 9.17) is 19.9 Å². The minimum absolute atomic E-state index is 0.107. The van der Waals surface area contributed by atoms with Gasteiger partial charge in [0.1, 0.15) is 12.8 Å². The van der Waals surface area contributed by atoms with E-state index in [1.165, 1.54) is 0 Å². The molecule has 1 saturated heterocycles. The van der Waals surface area contributed by atoms with Crippen LogP contribution in [0.3, 0.4) is 0 Å². The molecule has 1 atom stereocenters. The Bertz CT molecular complexity index is 700. The van der Waals surface area contributed by atoms with Gasteiger partial charge in [0.2, 0.25) is 0 Å². The predicted octanol–water partition coefficient (Wildman–Crippen LogP) is 2.67. The van der Waals surface area contributed by atoms with Crippen molar-refractivity contribution >= 4 is 32.9 Å². The Hall–Kier alpha value is -1.45. The van der Waals surface area contributed by atoms with E-state index in [1.54, 1.807) is 0 Å². The van der Waals surface area contributed by atoms with E-state index in [-0.39, 0.29) is 24.2 Å². The second-order valence-corrected chi connectivity index (χ2v) is 6.61. The number of fused-ring (bicyclic) bond motifs is 1. The second-order valence-electron chi connectivity index (χ2n) is 5.90. The van der Waals surface area contributed by atoms with Crippen LogP contribution in [0.15, 0.2) is 4.73 Å². The van der Waals surface area contributed by atoms with Gasteiger partial charge in [-0.3, -0.25) is 4.57 Å². The highest BCUT2D eigenvalue weighted by atomic mass is 79.9. The van der Waals surface area contributed by atoms with Crippen molar-refractivity contribution in [2.75, 3.05) is 25.6 Å². The third kappa shape index (κ3) is 3.79. The van der Waals surface area contributed by atoms with Gasteiger partial charge in [-0.2, -0.15) is 9.97 Å². The van der Waals surface area contributed by atoms with Crippen molar-refractivity contribution in [2.45, 2.75) is 45.4 Å². The number of aromatic nitrogens is 4. The summed E-state index contributed by atoms with van der Waals surface area (Å²) in [6.45, 7) is 5.50. The van der Waals surface area contributed by atoms with Crippen LogP contribution in [-0.4, -0.2) is 45.4 Å². The number of imidazole rings is 1. The van der Waals surface area contributed by atoms with E-state index >= 15 is 0 Å². The maximum absolute atomic E-state index is 6.02. The Morgan fingerprint density at radius 3 is 2.83 bits per heavy atom. The molecule has 0 amide bonds. The van der Waals surface area contributed by atoms with Gasteiger partial charge in [-0.1, -0.05) is 0 Å². The summed E-state index contributed by atoms with van der Waals surface area (Å²) in [5, 5.41) is 0. The summed E-state index contributed by atoms with van der Waals surface area (Å²) < 4.78 is 19.4. The molecule has 24 heavy (non-hydrogen) atoms. The Kier molecular flexibility index (Phi) is 5.52. The van der Waals surface area contributed by atoms with Gasteiger partial charge in [0.25, 0.3) is 0 Å². The standard InChI is InChI=1S/C15H22BrN5O3/c1-9(2)22-7-8-24-15-19-12(17)11-13(20-15)21(14(16)18-11)10-5-3-4-6-23-10/h9-10H,3-8H2,1-2H3,(H2,17,19,20). The van der Waals surface area contributed by atoms with Crippen molar-refractivity contribution in [3.05, 3.63) is 4.73 Å². The zero-order chi connectivity index (χ0) is 17.1. The van der Waals surface area contributed by atoms with Crippen molar-refractivity contribution in [3.63, 3.8) is 0 Å². The molecule has 2 N–H and O–H groups in total. The lowest BCUT2D eigenvalue weighted by molar-refractivity contribution is -0.0311. The number of rotatable bonds is 6. The lowest BCUT2D eigenvalue weighted by Gasteiger charge is -2.24. The lowest BCUT2D eigenvalue weighted by Crippen LogP contribution is -2.19. The molecular weight excluding hydrogens is 378 g/mol. The van der Waals surface area contributed by atoms with Gasteiger partial charge in [-0.25, -0.2) is 4.98 Å². The fraction of sp³-hybridized carbons (Fsp3) is 0.667. The Morgan fingerprint density at radius 2 is 2.12 bits per heavy atom. The zero-order valence-corrected chi connectivity index (χ0v) is 15.5. The Morgan fingerprint density at radius 1 is 1.29 bits per heavy atom. The van der Waals surface area contributed by atoms with Crippen LogP contribution >= 0.6 is 15.9 Å². The third-order valence-corrected chi connectivity index (χ3v) is 4.27. The van der Waals surface area contributed by atoms with Crippen molar-refractivity contribution < 1.29 is 14.2 Å². The molecule has 0 spiro atoms. The molecular formula is C15H22BrN5O3. The summed E-state index contributed by atoms with van der Waals surface area (Å²) in [6, 6.07) is 0.219. The quantitative estimate of drug-likeness (QED) is 0.588. The minimum Gasteiger partial charge on any atom is -0.461 e. The van der Waals surface area contributed by atoms with E-state index in [0.717, 1.165) is 25.9 Å². The van der Waals surface area contributed by atoms with Crippen molar-refractivity contribution in [3.8, 4) is 6.01 Å². The predicted molar refractivity (Wildman–Crippen MR) is 92.9 cm³/mol. The maximum Gasteiger partial charge on any atom is 0.320 e. The van der Waals surface area contributed by atoms with Gasteiger partial charge >= 0.3 is 6.01 Å². The van der Waals surface area contributed by atoms with Crippen LogP contribution in [-0.2, 0) is 9.47 Å². The maximum atomic E-state index is 6.02. The first-order valence-electron chi connectivity index (χ1n) is 8.13. The summed E-state index contributed by atoms with van der Waals surface area (Å²) in [4.78, 5) is 13.1. The number of nitrogen functional groups attached to an aromatic ring is 1. The number of hydrogen-bond donors (Lipinski definition) is 1. The molecule has 1 fully saturated rings. The van der Waals surface area contributed by atoms with E-state index < -0.39 is 0 Å². The topological polar surface area (TPSA) is 97.3 Å². The van der Waals surface area contributed by atoms with Gasteiger partial charge in [-0.05, 0) is 49.0 Å². The molecule has 0 saturated carbocycles. The number of halogens is 1. The van der Waals surface area contributed by atoms with Crippen LogP contribution in [0.5, 0.6) is 6.01 Å². The van der Waals surface area contributed by atoms with Crippen molar-refractivity contribution in [1.29, 1.82) is 0 Å². The molecule has 1 aliphatic heterocycles. The van der Waals surface area contributed by atoms with E-state index in [0.29, 0.717) is 29.1 Å². The molecule has 0 aromatic carbocycles.